The van der Waals surface area contributed by atoms with Gasteiger partial charge >= 0.3 is 5.97 Å². The third kappa shape index (κ3) is 2.87. The Labute approximate surface area is 201 Å². The lowest BCUT2D eigenvalue weighted by atomic mass is 9.33. The molecule has 0 radical (unpaired) electrons. The number of carboxylic acid groups (broad SMARTS) is 1. The van der Waals surface area contributed by atoms with Gasteiger partial charge in [0.25, 0.3) is 0 Å². The van der Waals surface area contributed by atoms with Gasteiger partial charge in [-0.05, 0) is 109 Å². The third-order valence-corrected chi connectivity index (χ3v) is 13.0. The van der Waals surface area contributed by atoms with Gasteiger partial charge in [0, 0.05) is 0 Å². The van der Waals surface area contributed by atoms with Crippen molar-refractivity contribution in [1.29, 1.82) is 0 Å². The summed E-state index contributed by atoms with van der Waals surface area (Å²) >= 11 is 0. The second kappa shape index (κ2) is 6.89. The number of hydrogen-bond donors (Lipinski definition) is 2. The van der Waals surface area contributed by atoms with E-state index in [1.165, 1.54) is 18.4 Å². The number of allylic oxidation sites excluding steroid dienone is 2. The molecule has 5 aliphatic rings. The fourth-order valence-corrected chi connectivity index (χ4v) is 10.6. The van der Waals surface area contributed by atoms with E-state index in [1.807, 2.05) is 0 Å². The molecule has 3 nitrogen and oxygen atoms in total. The Bertz CT molecular complexity index is 885. The van der Waals surface area contributed by atoms with E-state index in [0.29, 0.717) is 11.8 Å². The summed E-state index contributed by atoms with van der Waals surface area (Å²) in [5.41, 5.74) is 1.68. The predicted molar refractivity (Wildman–Crippen MR) is 133 cm³/mol. The molecule has 0 aliphatic heterocycles. The summed E-state index contributed by atoms with van der Waals surface area (Å²) < 4.78 is 0. The highest BCUT2D eigenvalue weighted by molar-refractivity contribution is 5.76. The topological polar surface area (TPSA) is 57.5 Å². The Kier molecular flexibility index (Phi) is 4.99. The number of carbonyl (C=O) groups is 1. The molecule has 186 valence electrons. The normalized spacial score (nSPS) is 52.4. The second-order valence-corrected chi connectivity index (χ2v) is 15.1. The van der Waals surface area contributed by atoms with Crippen molar-refractivity contribution in [2.45, 2.75) is 119 Å². The van der Waals surface area contributed by atoms with Crippen LogP contribution in [0.4, 0.5) is 0 Å². The van der Waals surface area contributed by atoms with Crippen molar-refractivity contribution in [3.8, 4) is 0 Å². The van der Waals surface area contributed by atoms with Gasteiger partial charge in [-0.2, -0.15) is 0 Å². The van der Waals surface area contributed by atoms with Gasteiger partial charge in [0.2, 0.25) is 0 Å². The van der Waals surface area contributed by atoms with Crippen LogP contribution in [0.1, 0.15) is 113 Å². The van der Waals surface area contributed by atoms with Gasteiger partial charge in [-0.15, -0.1) is 0 Å². The Morgan fingerprint density at radius 3 is 2.21 bits per heavy atom. The lowest BCUT2D eigenvalue weighted by Crippen LogP contribution is -2.65. The molecule has 0 saturated heterocycles. The maximum absolute atomic E-state index is 12.8. The lowest BCUT2D eigenvalue weighted by molar-refractivity contribution is -0.205. The molecule has 0 heterocycles. The van der Waals surface area contributed by atoms with Crippen LogP contribution in [0.15, 0.2) is 11.6 Å². The van der Waals surface area contributed by atoms with Crippen molar-refractivity contribution >= 4 is 5.97 Å². The lowest BCUT2D eigenvalue weighted by Gasteiger charge is -2.71. The molecule has 0 amide bonds. The van der Waals surface area contributed by atoms with Gasteiger partial charge in [0.15, 0.2) is 0 Å². The molecule has 33 heavy (non-hydrogen) atoms. The molecule has 5 aliphatic carbocycles. The first-order chi connectivity index (χ1) is 15.1. The van der Waals surface area contributed by atoms with E-state index in [2.05, 4.69) is 54.5 Å². The van der Waals surface area contributed by atoms with Gasteiger partial charge in [-0.25, -0.2) is 0 Å². The highest BCUT2D eigenvalue weighted by Gasteiger charge is 2.69. The fraction of sp³-hybridized carbons (Fsp3) is 0.900. The van der Waals surface area contributed by atoms with Gasteiger partial charge in [0.05, 0.1) is 11.5 Å². The predicted octanol–water partition coefficient (Wildman–Crippen LogP) is 7.23. The molecule has 2 N–H and O–H groups in total. The number of hydrogen-bond acceptors (Lipinski definition) is 2. The maximum atomic E-state index is 12.8. The zero-order chi connectivity index (χ0) is 24.2. The van der Waals surface area contributed by atoms with Crippen LogP contribution in [0.3, 0.4) is 0 Å². The summed E-state index contributed by atoms with van der Waals surface area (Å²) in [4.78, 5) is 12.8. The monoisotopic (exact) mass is 456 g/mol. The van der Waals surface area contributed by atoms with Crippen molar-refractivity contribution in [2.75, 3.05) is 0 Å². The average molecular weight is 457 g/mol. The summed E-state index contributed by atoms with van der Waals surface area (Å²) in [5.74, 6) is 0.807. The molecule has 5 rings (SSSR count). The summed E-state index contributed by atoms with van der Waals surface area (Å²) in [6.07, 6.45) is 12.6. The number of aliphatic hydroxyl groups is 1. The quantitative estimate of drug-likeness (QED) is 0.409. The summed E-state index contributed by atoms with van der Waals surface area (Å²) in [6.45, 7) is 16.9. The summed E-state index contributed by atoms with van der Waals surface area (Å²) in [5, 5.41) is 21.4. The zero-order valence-corrected chi connectivity index (χ0v) is 22.3. The van der Waals surface area contributed by atoms with E-state index in [-0.39, 0.29) is 39.1 Å². The first-order valence-electron chi connectivity index (χ1n) is 13.8. The maximum Gasteiger partial charge on any atom is 0.310 e. The SMILES string of the molecule is CC1(C)CC[C@]2(C(=O)O)CC[C@]3(C)C(=CCC4[C@@]5(C)CC[C@H](O)C(C)(C)[C@@H]5CC[C@]43C)C2C1. The largest absolute Gasteiger partial charge is 0.481 e. The first-order valence-corrected chi connectivity index (χ1v) is 13.8. The molecule has 0 spiro atoms. The number of aliphatic hydroxyl groups excluding tert-OH is 1. The highest BCUT2D eigenvalue weighted by Crippen LogP contribution is 2.75. The van der Waals surface area contributed by atoms with Crippen LogP contribution < -0.4 is 0 Å². The zero-order valence-electron chi connectivity index (χ0n) is 22.3. The van der Waals surface area contributed by atoms with Crippen LogP contribution in [-0.4, -0.2) is 22.3 Å². The van der Waals surface area contributed by atoms with E-state index in [1.54, 1.807) is 0 Å². The van der Waals surface area contributed by atoms with Crippen LogP contribution >= 0.6 is 0 Å². The molecule has 8 atom stereocenters. The van der Waals surface area contributed by atoms with E-state index in [4.69, 9.17) is 0 Å². The first kappa shape index (κ1) is 23.9. The minimum Gasteiger partial charge on any atom is -0.481 e. The molecule has 0 aromatic rings. The molecule has 2 unspecified atom stereocenters. The number of carboxylic acids is 1. The molecule has 4 saturated carbocycles. The molecule has 0 aromatic carbocycles. The van der Waals surface area contributed by atoms with Crippen LogP contribution in [-0.2, 0) is 4.79 Å². The van der Waals surface area contributed by atoms with E-state index in [9.17, 15) is 15.0 Å². The van der Waals surface area contributed by atoms with Crippen molar-refractivity contribution in [2.24, 2.45) is 50.2 Å². The number of rotatable bonds is 1. The van der Waals surface area contributed by atoms with Crippen LogP contribution in [0.25, 0.3) is 0 Å². The van der Waals surface area contributed by atoms with Crippen molar-refractivity contribution in [3.63, 3.8) is 0 Å². The molecular weight excluding hydrogens is 408 g/mol. The molecule has 4 fully saturated rings. The molecule has 0 bridgehead atoms. The van der Waals surface area contributed by atoms with E-state index >= 15 is 0 Å². The minimum atomic E-state index is -0.553. The highest BCUT2D eigenvalue weighted by atomic mass is 16.4. The Morgan fingerprint density at radius 1 is 0.879 bits per heavy atom. The van der Waals surface area contributed by atoms with Gasteiger partial charge < -0.3 is 10.2 Å². The van der Waals surface area contributed by atoms with Crippen LogP contribution in [0.5, 0.6) is 0 Å². The second-order valence-electron chi connectivity index (χ2n) is 15.1. The number of aliphatic carboxylic acids is 1. The van der Waals surface area contributed by atoms with E-state index < -0.39 is 11.4 Å². The van der Waals surface area contributed by atoms with Crippen LogP contribution in [0.2, 0.25) is 0 Å². The standard InChI is InChI=1S/C30H48O3/c1-25(2)14-16-30(24(32)33)17-15-28(6)19(20(30)18-25)8-9-22-27(5)12-11-23(31)26(3,4)21(27)10-13-29(22,28)7/h8,20-23,31H,9-18H2,1-7H3,(H,32,33)/t20?,21-,22?,23-,27-,28+,29+,30-/m0/s1. The molecule has 0 aromatic heterocycles. The Balaban J connectivity index is 1.60. The fourth-order valence-electron chi connectivity index (χ4n) is 10.6. The van der Waals surface area contributed by atoms with Gasteiger partial charge in [-0.1, -0.05) is 60.1 Å². The summed E-state index contributed by atoms with van der Waals surface area (Å²) in [7, 11) is 0. The number of fused-ring (bicyclic) bond motifs is 7. The Morgan fingerprint density at radius 2 is 1.55 bits per heavy atom. The molecular formula is C30H48O3. The molecule has 3 heteroatoms. The van der Waals surface area contributed by atoms with Crippen molar-refractivity contribution < 1.29 is 15.0 Å². The van der Waals surface area contributed by atoms with Crippen molar-refractivity contribution in [1.82, 2.24) is 0 Å². The van der Waals surface area contributed by atoms with E-state index in [0.717, 1.165) is 51.4 Å². The summed E-state index contributed by atoms with van der Waals surface area (Å²) in [6, 6.07) is 0. The van der Waals surface area contributed by atoms with Gasteiger partial charge in [-0.3, -0.25) is 4.79 Å². The van der Waals surface area contributed by atoms with Gasteiger partial charge in [0.1, 0.15) is 0 Å². The van der Waals surface area contributed by atoms with Crippen LogP contribution in [0, 0.1) is 50.2 Å². The van der Waals surface area contributed by atoms with Crippen molar-refractivity contribution in [3.05, 3.63) is 11.6 Å². The Hall–Kier alpha value is -0.830. The third-order valence-electron chi connectivity index (χ3n) is 13.0. The minimum absolute atomic E-state index is 0.0301. The average Bonchev–Trinajstić information content (AvgIpc) is 2.71. The smallest absolute Gasteiger partial charge is 0.310 e.